The van der Waals surface area contributed by atoms with Crippen molar-refractivity contribution in [3.8, 4) is 28.7 Å². The highest BCUT2D eigenvalue weighted by molar-refractivity contribution is 5.75. The fraction of sp³-hybridized carbons (Fsp3) is 0. The summed E-state index contributed by atoms with van der Waals surface area (Å²) in [4.78, 5) is 0. The van der Waals surface area contributed by atoms with Gasteiger partial charge in [-0.2, -0.15) is 0 Å². The van der Waals surface area contributed by atoms with E-state index in [4.69, 9.17) is 25.5 Å². The van der Waals surface area contributed by atoms with E-state index in [0.29, 0.717) is 0 Å². The number of hydrogen-bond acceptors (Lipinski definition) is 5. The van der Waals surface area contributed by atoms with E-state index in [1.807, 2.05) is 0 Å². The van der Waals surface area contributed by atoms with Crippen LogP contribution in [0.2, 0.25) is 0 Å². The van der Waals surface area contributed by atoms with Gasteiger partial charge in [-0.3, -0.25) is 0 Å². The summed E-state index contributed by atoms with van der Waals surface area (Å²) < 4.78 is 0. The molecule has 5 heteroatoms. The van der Waals surface area contributed by atoms with Crippen LogP contribution in [0, 0.1) is 0 Å². The SMILES string of the molecule is C=Cc1c(O)c(O)c(O)c(O)c1O. The van der Waals surface area contributed by atoms with E-state index in [1.54, 1.807) is 0 Å². The van der Waals surface area contributed by atoms with Gasteiger partial charge in [-0.25, -0.2) is 0 Å². The highest BCUT2D eigenvalue weighted by Crippen LogP contribution is 2.50. The van der Waals surface area contributed by atoms with Gasteiger partial charge in [-0.05, 0) is 0 Å². The molecule has 70 valence electrons. The minimum absolute atomic E-state index is 0.243. The van der Waals surface area contributed by atoms with E-state index in [0.717, 1.165) is 6.08 Å². The molecule has 5 nitrogen and oxygen atoms in total. The summed E-state index contributed by atoms with van der Waals surface area (Å²) in [6.45, 7) is 3.24. The number of benzene rings is 1. The number of aromatic hydroxyl groups is 5. The Balaban J connectivity index is 3.66. The summed E-state index contributed by atoms with van der Waals surface area (Å²) in [6.07, 6.45) is 1.03. The molecule has 5 N–H and O–H groups in total. The fourth-order valence-electron chi connectivity index (χ4n) is 0.897. The topological polar surface area (TPSA) is 101 Å². The fourth-order valence-corrected chi connectivity index (χ4v) is 0.897. The van der Waals surface area contributed by atoms with Gasteiger partial charge in [0.1, 0.15) is 0 Å². The lowest BCUT2D eigenvalue weighted by molar-refractivity contribution is 0.327. The lowest BCUT2D eigenvalue weighted by Gasteiger charge is -2.08. The molecule has 0 atom stereocenters. The second kappa shape index (κ2) is 2.78. The van der Waals surface area contributed by atoms with Gasteiger partial charge in [0.15, 0.2) is 11.5 Å². The summed E-state index contributed by atoms with van der Waals surface area (Å²) in [7, 11) is 0. The third-order valence-corrected chi connectivity index (χ3v) is 1.61. The van der Waals surface area contributed by atoms with Crippen LogP contribution in [0.25, 0.3) is 6.08 Å². The molecule has 0 aliphatic carbocycles. The van der Waals surface area contributed by atoms with Crippen LogP contribution in [0.15, 0.2) is 6.58 Å². The quantitative estimate of drug-likeness (QED) is 0.329. The lowest BCUT2D eigenvalue weighted by atomic mass is 10.1. The maximum atomic E-state index is 9.13. The first-order valence-electron chi connectivity index (χ1n) is 3.31. The number of hydrogen-bond donors (Lipinski definition) is 5. The van der Waals surface area contributed by atoms with Crippen molar-refractivity contribution in [2.45, 2.75) is 0 Å². The second-order valence-electron chi connectivity index (χ2n) is 2.36. The average molecular weight is 184 g/mol. The summed E-state index contributed by atoms with van der Waals surface area (Å²) in [5.41, 5.74) is -0.243. The Morgan fingerprint density at radius 2 is 1.00 bits per heavy atom. The Kier molecular flexibility index (Phi) is 1.94. The van der Waals surface area contributed by atoms with Crippen LogP contribution in [0.4, 0.5) is 0 Å². The molecule has 0 aromatic heterocycles. The van der Waals surface area contributed by atoms with Crippen molar-refractivity contribution < 1.29 is 25.5 Å². The van der Waals surface area contributed by atoms with Gasteiger partial charge in [-0.1, -0.05) is 12.7 Å². The summed E-state index contributed by atoms with van der Waals surface area (Å²) in [6, 6.07) is 0. The Morgan fingerprint density at radius 3 is 1.31 bits per heavy atom. The zero-order valence-corrected chi connectivity index (χ0v) is 6.52. The lowest BCUT2D eigenvalue weighted by Crippen LogP contribution is -1.81. The molecule has 0 radical (unpaired) electrons. The van der Waals surface area contributed by atoms with Gasteiger partial charge >= 0.3 is 0 Å². The van der Waals surface area contributed by atoms with Crippen molar-refractivity contribution in [2.75, 3.05) is 0 Å². The molecule has 0 saturated heterocycles. The second-order valence-corrected chi connectivity index (χ2v) is 2.36. The molecular weight excluding hydrogens is 176 g/mol. The van der Waals surface area contributed by atoms with E-state index >= 15 is 0 Å². The number of rotatable bonds is 1. The Bertz CT molecular complexity index is 340. The third kappa shape index (κ3) is 1.10. The minimum atomic E-state index is -0.972. The number of phenolic OH excluding ortho intramolecular Hbond substituents is 5. The molecule has 0 bridgehead atoms. The molecular formula is C8H8O5. The summed E-state index contributed by atoms with van der Waals surface area (Å²) in [5.74, 6) is -4.23. The number of phenols is 5. The Labute approximate surface area is 73.4 Å². The average Bonchev–Trinajstić information content (AvgIpc) is 2.13. The van der Waals surface area contributed by atoms with Crippen molar-refractivity contribution in [2.24, 2.45) is 0 Å². The van der Waals surface area contributed by atoms with Crippen molar-refractivity contribution in [1.29, 1.82) is 0 Å². The molecule has 0 aliphatic rings. The Morgan fingerprint density at radius 1 is 0.692 bits per heavy atom. The van der Waals surface area contributed by atoms with E-state index in [-0.39, 0.29) is 5.56 Å². The monoisotopic (exact) mass is 184 g/mol. The molecule has 13 heavy (non-hydrogen) atoms. The van der Waals surface area contributed by atoms with Gasteiger partial charge in [0, 0.05) is 0 Å². The maximum Gasteiger partial charge on any atom is 0.208 e. The molecule has 1 rings (SSSR count). The van der Waals surface area contributed by atoms with Gasteiger partial charge in [-0.15, -0.1) is 0 Å². The predicted octanol–water partition coefficient (Wildman–Crippen LogP) is 0.858. The van der Waals surface area contributed by atoms with Gasteiger partial charge in [0.25, 0.3) is 0 Å². The third-order valence-electron chi connectivity index (χ3n) is 1.61. The zero-order chi connectivity index (χ0) is 10.2. The first-order valence-corrected chi connectivity index (χ1v) is 3.31. The van der Waals surface area contributed by atoms with Gasteiger partial charge in [0.2, 0.25) is 17.2 Å². The zero-order valence-electron chi connectivity index (χ0n) is 6.52. The first-order chi connectivity index (χ1) is 6.00. The van der Waals surface area contributed by atoms with E-state index in [1.165, 1.54) is 0 Å². The van der Waals surface area contributed by atoms with E-state index in [2.05, 4.69) is 6.58 Å². The molecule has 0 saturated carbocycles. The molecule has 0 fully saturated rings. The van der Waals surface area contributed by atoms with E-state index < -0.39 is 28.7 Å². The van der Waals surface area contributed by atoms with Crippen LogP contribution in [-0.2, 0) is 0 Å². The molecule has 0 heterocycles. The van der Waals surface area contributed by atoms with Crippen molar-refractivity contribution >= 4 is 6.08 Å². The first kappa shape index (κ1) is 9.05. The van der Waals surface area contributed by atoms with Crippen molar-refractivity contribution in [3.05, 3.63) is 12.1 Å². The largest absolute Gasteiger partial charge is 0.504 e. The highest BCUT2D eigenvalue weighted by Gasteiger charge is 2.20. The van der Waals surface area contributed by atoms with Gasteiger partial charge < -0.3 is 25.5 Å². The smallest absolute Gasteiger partial charge is 0.208 e. The summed E-state index contributed by atoms with van der Waals surface area (Å²) >= 11 is 0. The van der Waals surface area contributed by atoms with Crippen LogP contribution in [0.5, 0.6) is 28.7 Å². The van der Waals surface area contributed by atoms with Crippen LogP contribution in [0.3, 0.4) is 0 Å². The van der Waals surface area contributed by atoms with Crippen LogP contribution >= 0.6 is 0 Å². The standard InChI is InChI=1S/C8H8O5/c1-2-3-4(9)6(11)8(13)7(12)5(3)10/h2,9-13H,1H2. The van der Waals surface area contributed by atoms with Crippen LogP contribution in [-0.4, -0.2) is 25.5 Å². The van der Waals surface area contributed by atoms with Crippen molar-refractivity contribution in [1.82, 2.24) is 0 Å². The summed E-state index contributed by atoms with van der Waals surface area (Å²) in [5, 5.41) is 45.2. The molecule has 1 aromatic rings. The Hall–Kier alpha value is -2.04. The van der Waals surface area contributed by atoms with Crippen molar-refractivity contribution in [3.63, 3.8) is 0 Å². The molecule has 0 spiro atoms. The molecule has 0 aliphatic heterocycles. The normalized spacial score (nSPS) is 9.85. The van der Waals surface area contributed by atoms with E-state index in [9.17, 15) is 0 Å². The molecule has 1 aromatic carbocycles. The maximum absolute atomic E-state index is 9.13. The molecule has 0 unspecified atom stereocenters. The minimum Gasteiger partial charge on any atom is -0.504 e. The molecule has 0 amide bonds. The predicted molar refractivity (Wildman–Crippen MR) is 44.9 cm³/mol. The van der Waals surface area contributed by atoms with Gasteiger partial charge in [0.05, 0.1) is 5.56 Å². The van der Waals surface area contributed by atoms with Crippen LogP contribution in [0.1, 0.15) is 5.56 Å². The highest BCUT2D eigenvalue weighted by atomic mass is 16.4. The van der Waals surface area contributed by atoms with Crippen LogP contribution < -0.4 is 0 Å².